The Morgan fingerprint density at radius 2 is 2.00 bits per heavy atom. The van der Waals surface area contributed by atoms with Gasteiger partial charge in [0.2, 0.25) is 5.91 Å². The van der Waals surface area contributed by atoms with Gasteiger partial charge in [-0.05, 0) is 33.6 Å². The van der Waals surface area contributed by atoms with Gasteiger partial charge in [-0.3, -0.25) is 4.79 Å². The van der Waals surface area contributed by atoms with Crippen molar-refractivity contribution in [1.82, 2.24) is 5.32 Å². The van der Waals surface area contributed by atoms with Crippen molar-refractivity contribution < 1.29 is 14.6 Å². The van der Waals surface area contributed by atoms with Crippen LogP contribution >= 0.6 is 0 Å². The van der Waals surface area contributed by atoms with Gasteiger partial charge < -0.3 is 15.2 Å². The van der Waals surface area contributed by atoms with Gasteiger partial charge in [0.15, 0.2) is 0 Å². The van der Waals surface area contributed by atoms with Crippen molar-refractivity contribution in [2.45, 2.75) is 39.2 Å². The molecular formula is C10H21NO3. The fraction of sp³-hybridized carbons (Fsp3) is 0.900. The van der Waals surface area contributed by atoms with Crippen molar-refractivity contribution in [1.29, 1.82) is 0 Å². The lowest BCUT2D eigenvalue weighted by molar-refractivity contribution is -0.130. The SMILES string of the molecule is CC(C)(C)OCC(=O)NCCCCO. The molecule has 4 heteroatoms. The Kier molecular flexibility index (Phi) is 6.49. The molecule has 0 aliphatic carbocycles. The van der Waals surface area contributed by atoms with Gasteiger partial charge in [0, 0.05) is 13.2 Å². The molecule has 0 aromatic carbocycles. The van der Waals surface area contributed by atoms with Crippen LogP contribution in [0, 0.1) is 0 Å². The van der Waals surface area contributed by atoms with Crippen LogP contribution in [-0.2, 0) is 9.53 Å². The fourth-order valence-electron chi connectivity index (χ4n) is 0.798. The van der Waals surface area contributed by atoms with Crippen molar-refractivity contribution in [3.8, 4) is 0 Å². The highest BCUT2D eigenvalue weighted by atomic mass is 16.5. The van der Waals surface area contributed by atoms with Crippen molar-refractivity contribution in [2.24, 2.45) is 0 Å². The second kappa shape index (κ2) is 6.79. The number of ether oxygens (including phenoxy) is 1. The van der Waals surface area contributed by atoms with Gasteiger partial charge in [-0.2, -0.15) is 0 Å². The monoisotopic (exact) mass is 203 g/mol. The summed E-state index contributed by atoms with van der Waals surface area (Å²) in [5, 5.41) is 11.2. The van der Waals surface area contributed by atoms with Gasteiger partial charge >= 0.3 is 0 Å². The van der Waals surface area contributed by atoms with Crippen molar-refractivity contribution in [3.05, 3.63) is 0 Å². The molecule has 1 amide bonds. The van der Waals surface area contributed by atoms with Crippen LogP contribution in [0.2, 0.25) is 0 Å². The zero-order chi connectivity index (χ0) is 11.0. The van der Waals surface area contributed by atoms with Gasteiger partial charge in [0.25, 0.3) is 0 Å². The standard InChI is InChI=1S/C10H21NO3/c1-10(2,3)14-8-9(13)11-6-4-5-7-12/h12H,4-8H2,1-3H3,(H,11,13). The predicted molar refractivity (Wildman–Crippen MR) is 55.0 cm³/mol. The van der Waals surface area contributed by atoms with Crippen LogP contribution < -0.4 is 5.32 Å². The number of aliphatic hydroxyl groups excluding tert-OH is 1. The molecule has 0 aliphatic rings. The summed E-state index contributed by atoms with van der Waals surface area (Å²) in [6.07, 6.45) is 1.53. The van der Waals surface area contributed by atoms with Crippen LogP contribution in [0.1, 0.15) is 33.6 Å². The molecule has 14 heavy (non-hydrogen) atoms. The van der Waals surface area contributed by atoms with Gasteiger partial charge in [-0.15, -0.1) is 0 Å². The summed E-state index contributed by atoms with van der Waals surface area (Å²) < 4.78 is 5.29. The summed E-state index contributed by atoms with van der Waals surface area (Å²) in [5.41, 5.74) is -0.275. The van der Waals surface area contributed by atoms with Crippen LogP contribution in [-0.4, -0.2) is 36.4 Å². The Labute approximate surface area is 85.6 Å². The average molecular weight is 203 g/mol. The van der Waals surface area contributed by atoms with Crippen LogP contribution in [0.5, 0.6) is 0 Å². The van der Waals surface area contributed by atoms with Crippen LogP contribution in [0.15, 0.2) is 0 Å². The molecule has 4 nitrogen and oxygen atoms in total. The Hall–Kier alpha value is -0.610. The van der Waals surface area contributed by atoms with Crippen LogP contribution in [0.4, 0.5) is 0 Å². The first-order valence-corrected chi connectivity index (χ1v) is 4.97. The summed E-state index contributed by atoms with van der Waals surface area (Å²) >= 11 is 0. The van der Waals surface area contributed by atoms with Gasteiger partial charge in [0.05, 0.1) is 5.60 Å². The maximum atomic E-state index is 11.2. The number of hydrogen-bond acceptors (Lipinski definition) is 3. The molecule has 0 atom stereocenters. The molecule has 0 unspecified atom stereocenters. The first-order valence-electron chi connectivity index (χ1n) is 4.97. The quantitative estimate of drug-likeness (QED) is 0.624. The van der Waals surface area contributed by atoms with E-state index in [0.29, 0.717) is 6.54 Å². The van der Waals surface area contributed by atoms with E-state index in [2.05, 4.69) is 5.32 Å². The molecule has 2 N–H and O–H groups in total. The molecule has 0 saturated heterocycles. The lowest BCUT2D eigenvalue weighted by Gasteiger charge is -2.18. The maximum Gasteiger partial charge on any atom is 0.246 e. The topological polar surface area (TPSA) is 58.6 Å². The average Bonchev–Trinajstić information content (AvgIpc) is 2.08. The molecule has 84 valence electrons. The maximum absolute atomic E-state index is 11.2. The summed E-state index contributed by atoms with van der Waals surface area (Å²) in [7, 11) is 0. The molecule has 0 rings (SSSR count). The van der Waals surface area contributed by atoms with Crippen molar-refractivity contribution in [3.63, 3.8) is 0 Å². The minimum absolute atomic E-state index is 0.0992. The number of rotatable bonds is 6. The minimum Gasteiger partial charge on any atom is -0.396 e. The Morgan fingerprint density at radius 3 is 2.50 bits per heavy atom. The van der Waals surface area contributed by atoms with Crippen LogP contribution in [0.3, 0.4) is 0 Å². The summed E-state index contributed by atoms with van der Waals surface area (Å²) in [6, 6.07) is 0. The highest BCUT2D eigenvalue weighted by Gasteiger charge is 2.12. The third kappa shape index (κ3) is 9.48. The van der Waals surface area contributed by atoms with Gasteiger partial charge in [0.1, 0.15) is 6.61 Å². The molecule has 0 fully saturated rings. The number of carbonyl (C=O) groups excluding carboxylic acids is 1. The van der Waals surface area contributed by atoms with E-state index in [4.69, 9.17) is 9.84 Å². The smallest absolute Gasteiger partial charge is 0.246 e. The largest absolute Gasteiger partial charge is 0.396 e. The number of aliphatic hydroxyl groups is 1. The molecule has 0 spiro atoms. The van der Waals surface area contributed by atoms with E-state index < -0.39 is 0 Å². The number of carbonyl (C=O) groups is 1. The minimum atomic E-state index is -0.275. The normalized spacial score (nSPS) is 11.4. The van der Waals surface area contributed by atoms with Crippen LogP contribution in [0.25, 0.3) is 0 Å². The van der Waals surface area contributed by atoms with E-state index in [1.54, 1.807) is 0 Å². The van der Waals surface area contributed by atoms with E-state index in [0.717, 1.165) is 12.8 Å². The Morgan fingerprint density at radius 1 is 1.36 bits per heavy atom. The van der Waals surface area contributed by atoms with E-state index in [-0.39, 0.29) is 24.7 Å². The summed E-state index contributed by atoms with van der Waals surface area (Å²) in [4.78, 5) is 11.2. The number of amides is 1. The lowest BCUT2D eigenvalue weighted by Crippen LogP contribution is -2.32. The molecule has 0 aromatic rings. The van der Waals surface area contributed by atoms with E-state index in [1.807, 2.05) is 20.8 Å². The lowest BCUT2D eigenvalue weighted by atomic mass is 10.2. The van der Waals surface area contributed by atoms with Gasteiger partial charge in [-0.1, -0.05) is 0 Å². The summed E-state index contributed by atoms with van der Waals surface area (Å²) in [5.74, 6) is -0.0992. The van der Waals surface area contributed by atoms with E-state index in [9.17, 15) is 4.79 Å². The first kappa shape index (κ1) is 13.4. The molecule has 0 heterocycles. The molecule has 0 aliphatic heterocycles. The third-order valence-electron chi connectivity index (χ3n) is 1.54. The molecule has 0 aromatic heterocycles. The Bertz CT molecular complexity index is 163. The van der Waals surface area contributed by atoms with Crippen molar-refractivity contribution >= 4 is 5.91 Å². The molecular weight excluding hydrogens is 182 g/mol. The summed E-state index contributed by atoms with van der Waals surface area (Å²) in [6.45, 7) is 6.61. The number of unbranched alkanes of at least 4 members (excludes halogenated alkanes) is 1. The highest BCUT2D eigenvalue weighted by Crippen LogP contribution is 2.05. The zero-order valence-electron chi connectivity index (χ0n) is 9.30. The van der Waals surface area contributed by atoms with Crippen molar-refractivity contribution in [2.75, 3.05) is 19.8 Å². The fourth-order valence-corrected chi connectivity index (χ4v) is 0.798. The molecule has 0 bridgehead atoms. The van der Waals surface area contributed by atoms with E-state index >= 15 is 0 Å². The first-order chi connectivity index (χ1) is 6.45. The second-order valence-corrected chi connectivity index (χ2v) is 4.18. The van der Waals surface area contributed by atoms with E-state index in [1.165, 1.54) is 0 Å². The predicted octanol–water partition coefficient (Wildman–Crippen LogP) is 0.690. The van der Waals surface area contributed by atoms with Gasteiger partial charge in [-0.25, -0.2) is 0 Å². The molecule has 0 saturated carbocycles. The number of hydrogen-bond donors (Lipinski definition) is 2. The third-order valence-corrected chi connectivity index (χ3v) is 1.54. The second-order valence-electron chi connectivity index (χ2n) is 4.18. The Balaban J connectivity index is 3.38. The molecule has 0 radical (unpaired) electrons. The number of nitrogens with one attached hydrogen (secondary N) is 1. The highest BCUT2D eigenvalue weighted by molar-refractivity contribution is 5.77. The zero-order valence-corrected chi connectivity index (χ0v) is 9.30.